The molecular weight excluding hydrogens is 206 g/mol. The number of rotatable bonds is 4. The van der Waals surface area contributed by atoms with Crippen molar-refractivity contribution in [1.29, 1.82) is 0 Å². The Morgan fingerprint density at radius 1 is 1.38 bits per heavy atom. The van der Waals surface area contributed by atoms with Gasteiger partial charge in [0.15, 0.2) is 0 Å². The predicted molar refractivity (Wildman–Crippen MR) is 58.8 cm³/mol. The van der Waals surface area contributed by atoms with E-state index in [4.69, 9.17) is 0 Å². The van der Waals surface area contributed by atoms with Gasteiger partial charge in [-0.3, -0.25) is 9.59 Å². The van der Waals surface area contributed by atoms with Gasteiger partial charge in [-0.1, -0.05) is 19.8 Å². The Labute approximate surface area is 95.4 Å². The maximum atomic E-state index is 11.6. The lowest BCUT2D eigenvalue weighted by atomic mass is 9.86. The summed E-state index contributed by atoms with van der Waals surface area (Å²) in [5.74, 6) is -0.106. The number of hydrogen-bond acceptors (Lipinski definition) is 2. The van der Waals surface area contributed by atoms with Crippen LogP contribution in [0.5, 0.6) is 0 Å². The number of carboxylic acids is 1. The van der Waals surface area contributed by atoms with E-state index in [1.165, 1.54) is 0 Å². The zero-order valence-corrected chi connectivity index (χ0v) is 9.66. The molecule has 0 aromatic heterocycles. The molecule has 2 unspecified atom stereocenters. The fourth-order valence-corrected chi connectivity index (χ4v) is 2.59. The van der Waals surface area contributed by atoms with Crippen LogP contribution in [0.2, 0.25) is 0 Å². The van der Waals surface area contributed by atoms with Crippen molar-refractivity contribution in [3.63, 3.8) is 0 Å². The summed E-state index contributed by atoms with van der Waals surface area (Å²) in [6.07, 6.45) is 4.27. The second-order valence-corrected chi connectivity index (χ2v) is 5.33. The molecular formula is C12H19NO3. The Kier molecular flexibility index (Phi) is 2.91. The van der Waals surface area contributed by atoms with Gasteiger partial charge in [0.1, 0.15) is 0 Å². The van der Waals surface area contributed by atoms with Gasteiger partial charge in [-0.25, -0.2) is 0 Å². The third-order valence-electron chi connectivity index (χ3n) is 4.06. The van der Waals surface area contributed by atoms with Gasteiger partial charge in [-0.2, -0.15) is 0 Å². The molecule has 0 spiro atoms. The predicted octanol–water partition coefficient (Wildman–Crippen LogP) is 1.40. The monoisotopic (exact) mass is 225 g/mol. The highest BCUT2D eigenvalue weighted by atomic mass is 16.4. The Hall–Kier alpha value is -1.06. The van der Waals surface area contributed by atoms with E-state index in [1.807, 2.05) is 6.92 Å². The molecule has 0 bridgehead atoms. The number of amides is 1. The van der Waals surface area contributed by atoms with Crippen LogP contribution in [0.4, 0.5) is 0 Å². The summed E-state index contributed by atoms with van der Waals surface area (Å²) in [6.45, 7) is 2.36. The third-order valence-corrected chi connectivity index (χ3v) is 4.06. The average Bonchev–Trinajstić information content (AvgIpc) is 2.80. The van der Waals surface area contributed by atoms with E-state index < -0.39 is 11.4 Å². The second kappa shape index (κ2) is 4.07. The molecule has 0 aliphatic heterocycles. The molecule has 2 saturated carbocycles. The van der Waals surface area contributed by atoms with E-state index in [0.717, 1.165) is 19.3 Å². The van der Waals surface area contributed by atoms with E-state index in [0.29, 0.717) is 25.3 Å². The van der Waals surface area contributed by atoms with Crippen LogP contribution in [-0.4, -0.2) is 23.5 Å². The summed E-state index contributed by atoms with van der Waals surface area (Å²) in [7, 11) is 0. The average molecular weight is 225 g/mol. The molecule has 0 heterocycles. The van der Waals surface area contributed by atoms with Crippen LogP contribution in [0.1, 0.15) is 39.0 Å². The lowest BCUT2D eigenvalue weighted by molar-refractivity contribution is -0.148. The molecule has 4 heteroatoms. The Morgan fingerprint density at radius 2 is 1.94 bits per heavy atom. The smallest absolute Gasteiger partial charge is 0.311 e. The minimum Gasteiger partial charge on any atom is -0.481 e. The third kappa shape index (κ3) is 2.06. The van der Waals surface area contributed by atoms with Crippen molar-refractivity contribution in [3.8, 4) is 0 Å². The first-order chi connectivity index (χ1) is 7.55. The minimum absolute atomic E-state index is 0.0417. The highest BCUT2D eigenvalue weighted by molar-refractivity contribution is 5.82. The van der Waals surface area contributed by atoms with Crippen LogP contribution in [0.15, 0.2) is 0 Å². The van der Waals surface area contributed by atoms with Crippen molar-refractivity contribution in [2.45, 2.75) is 39.0 Å². The fraction of sp³-hybridized carbons (Fsp3) is 0.833. The van der Waals surface area contributed by atoms with Crippen molar-refractivity contribution in [2.75, 3.05) is 6.54 Å². The first-order valence-corrected chi connectivity index (χ1v) is 6.06. The SMILES string of the molecule is CC1CC1C(=O)NCC1(C(=O)O)CCCC1. The molecule has 16 heavy (non-hydrogen) atoms. The lowest BCUT2D eigenvalue weighted by Gasteiger charge is -2.23. The Balaban J connectivity index is 1.87. The van der Waals surface area contributed by atoms with Crippen LogP contribution in [-0.2, 0) is 9.59 Å². The van der Waals surface area contributed by atoms with Crippen molar-refractivity contribution in [3.05, 3.63) is 0 Å². The maximum absolute atomic E-state index is 11.6. The molecule has 2 atom stereocenters. The van der Waals surface area contributed by atoms with Crippen molar-refractivity contribution in [1.82, 2.24) is 5.32 Å². The van der Waals surface area contributed by atoms with Crippen LogP contribution in [0, 0.1) is 17.3 Å². The Bertz CT molecular complexity index is 307. The topological polar surface area (TPSA) is 66.4 Å². The maximum Gasteiger partial charge on any atom is 0.311 e. The zero-order valence-electron chi connectivity index (χ0n) is 9.66. The molecule has 90 valence electrons. The van der Waals surface area contributed by atoms with Gasteiger partial charge >= 0.3 is 5.97 Å². The molecule has 0 saturated heterocycles. The van der Waals surface area contributed by atoms with Crippen molar-refractivity contribution in [2.24, 2.45) is 17.3 Å². The molecule has 1 amide bonds. The molecule has 2 N–H and O–H groups in total. The normalized spacial score (nSPS) is 31.1. The molecule has 0 aromatic carbocycles. The van der Waals surface area contributed by atoms with E-state index in [-0.39, 0.29) is 11.8 Å². The molecule has 0 aromatic rings. The molecule has 2 aliphatic carbocycles. The Morgan fingerprint density at radius 3 is 2.38 bits per heavy atom. The quantitative estimate of drug-likeness (QED) is 0.760. The second-order valence-electron chi connectivity index (χ2n) is 5.33. The van der Waals surface area contributed by atoms with Gasteiger partial charge < -0.3 is 10.4 Å². The summed E-state index contributed by atoms with van der Waals surface area (Å²) in [5.41, 5.74) is -0.687. The molecule has 2 rings (SSSR count). The number of hydrogen-bond donors (Lipinski definition) is 2. The summed E-state index contributed by atoms with van der Waals surface area (Å²) in [6, 6.07) is 0. The van der Waals surface area contributed by atoms with E-state index in [1.54, 1.807) is 0 Å². The summed E-state index contributed by atoms with van der Waals surface area (Å²) in [5, 5.41) is 12.1. The minimum atomic E-state index is -0.755. The van der Waals surface area contributed by atoms with Crippen molar-refractivity contribution >= 4 is 11.9 Å². The van der Waals surface area contributed by atoms with Gasteiger partial charge in [0.25, 0.3) is 0 Å². The van der Waals surface area contributed by atoms with Gasteiger partial charge in [0, 0.05) is 12.5 Å². The van der Waals surface area contributed by atoms with Gasteiger partial charge in [-0.15, -0.1) is 0 Å². The largest absolute Gasteiger partial charge is 0.481 e. The van der Waals surface area contributed by atoms with E-state index in [9.17, 15) is 14.7 Å². The molecule has 2 fully saturated rings. The van der Waals surface area contributed by atoms with E-state index >= 15 is 0 Å². The number of carbonyl (C=O) groups excluding carboxylic acids is 1. The zero-order chi connectivity index (χ0) is 11.8. The van der Waals surface area contributed by atoms with Crippen molar-refractivity contribution < 1.29 is 14.7 Å². The molecule has 4 nitrogen and oxygen atoms in total. The first-order valence-electron chi connectivity index (χ1n) is 6.06. The van der Waals surface area contributed by atoms with Crippen LogP contribution in [0.3, 0.4) is 0 Å². The first kappa shape index (κ1) is 11.4. The standard InChI is InChI=1S/C12H19NO3/c1-8-6-9(8)10(14)13-7-12(11(15)16)4-2-3-5-12/h8-9H,2-7H2,1H3,(H,13,14)(H,15,16). The highest BCUT2D eigenvalue weighted by Crippen LogP contribution is 2.40. The van der Waals surface area contributed by atoms with E-state index in [2.05, 4.69) is 5.32 Å². The summed E-state index contributed by atoms with van der Waals surface area (Å²) in [4.78, 5) is 22.9. The summed E-state index contributed by atoms with van der Waals surface area (Å²) >= 11 is 0. The van der Waals surface area contributed by atoms with Crippen LogP contribution < -0.4 is 5.32 Å². The van der Waals surface area contributed by atoms with Gasteiger partial charge in [0.2, 0.25) is 5.91 Å². The lowest BCUT2D eigenvalue weighted by Crippen LogP contribution is -2.41. The van der Waals surface area contributed by atoms with Gasteiger partial charge in [-0.05, 0) is 25.2 Å². The van der Waals surface area contributed by atoms with Gasteiger partial charge in [0.05, 0.1) is 5.41 Å². The molecule has 2 aliphatic rings. The number of carboxylic acid groups (broad SMARTS) is 1. The number of nitrogens with one attached hydrogen (secondary N) is 1. The summed E-state index contributed by atoms with van der Waals surface area (Å²) < 4.78 is 0. The van der Waals surface area contributed by atoms with Crippen LogP contribution in [0.25, 0.3) is 0 Å². The number of aliphatic carboxylic acids is 1. The number of carbonyl (C=O) groups is 2. The van der Waals surface area contributed by atoms with Crippen LogP contribution >= 0.6 is 0 Å². The molecule has 0 radical (unpaired) electrons. The fourth-order valence-electron chi connectivity index (χ4n) is 2.59. The highest BCUT2D eigenvalue weighted by Gasteiger charge is 2.44.